The van der Waals surface area contributed by atoms with Gasteiger partial charge in [0, 0.05) is 23.6 Å². The number of hydrogen-bond acceptors (Lipinski definition) is 2. The van der Waals surface area contributed by atoms with Gasteiger partial charge in [0.15, 0.2) is 0 Å². The Morgan fingerprint density at radius 1 is 1.04 bits per heavy atom. The van der Waals surface area contributed by atoms with Gasteiger partial charge in [-0.1, -0.05) is 49.1 Å². The number of para-hydroxylation sites is 1. The van der Waals surface area contributed by atoms with Crippen LogP contribution in [0.4, 0.5) is 0 Å². The van der Waals surface area contributed by atoms with Crippen LogP contribution in [0.1, 0.15) is 42.0 Å². The number of fused-ring (bicyclic) bond motifs is 1. The van der Waals surface area contributed by atoms with Crippen LogP contribution in [0.25, 0.3) is 10.9 Å². The minimum atomic E-state index is 0.682. The van der Waals surface area contributed by atoms with Gasteiger partial charge in [-0.05, 0) is 42.2 Å². The first-order valence-electron chi connectivity index (χ1n) is 8.16. The summed E-state index contributed by atoms with van der Waals surface area (Å²) in [4.78, 5) is 4.54. The van der Waals surface area contributed by atoms with Crippen molar-refractivity contribution in [3.05, 3.63) is 77.0 Å². The normalized spacial score (nSPS) is 10.0. The summed E-state index contributed by atoms with van der Waals surface area (Å²) in [6, 6.07) is 18.1. The fraction of sp³-hybridized carbons (Fsp3) is 0.182. The summed E-state index contributed by atoms with van der Waals surface area (Å²) >= 11 is 0. The number of hydrogen-bond donors (Lipinski definition) is 0. The number of nitrogens with zero attached hydrogens (tertiary/aromatic N) is 2. The quantitative estimate of drug-likeness (QED) is 0.648. The zero-order valence-electron chi connectivity index (χ0n) is 13.7. The van der Waals surface area contributed by atoms with Gasteiger partial charge in [-0.2, -0.15) is 5.26 Å². The molecule has 2 nitrogen and oxygen atoms in total. The molecule has 0 spiro atoms. The molecule has 3 aromatic rings. The molecule has 2 aromatic carbocycles. The van der Waals surface area contributed by atoms with E-state index in [0.717, 1.165) is 35.7 Å². The second-order valence-corrected chi connectivity index (χ2v) is 5.70. The molecule has 2 heteroatoms. The summed E-state index contributed by atoms with van der Waals surface area (Å²) in [7, 11) is 0. The maximum absolute atomic E-state index is 8.95. The Morgan fingerprint density at radius 3 is 2.58 bits per heavy atom. The topological polar surface area (TPSA) is 36.7 Å². The monoisotopic (exact) mass is 310 g/mol. The van der Waals surface area contributed by atoms with Crippen molar-refractivity contribution in [1.29, 1.82) is 5.26 Å². The third-order valence-electron chi connectivity index (χ3n) is 3.95. The molecule has 0 amide bonds. The Kier molecular flexibility index (Phi) is 4.90. The maximum Gasteiger partial charge on any atom is 0.0991 e. The molecule has 0 unspecified atom stereocenters. The number of aromatic nitrogens is 1. The van der Waals surface area contributed by atoms with Gasteiger partial charge in [0.2, 0.25) is 0 Å². The molecule has 0 bridgehead atoms. The van der Waals surface area contributed by atoms with Crippen molar-refractivity contribution in [2.75, 3.05) is 0 Å². The third kappa shape index (κ3) is 3.45. The van der Waals surface area contributed by atoms with Gasteiger partial charge >= 0.3 is 0 Å². The lowest BCUT2D eigenvalue weighted by Crippen LogP contribution is -1.96. The van der Waals surface area contributed by atoms with Crippen molar-refractivity contribution >= 4 is 10.9 Å². The molecule has 0 aliphatic rings. The minimum Gasteiger partial charge on any atom is -0.255 e. The van der Waals surface area contributed by atoms with Crippen molar-refractivity contribution in [2.45, 2.75) is 26.2 Å². The number of unbranched alkanes of at least 4 members (excludes halogenated alkanes) is 1. The van der Waals surface area contributed by atoms with E-state index in [1.54, 1.807) is 0 Å². The molecule has 0 N–H and O–H groups in total. The van der Waals surface area contributed by atoms with Crippen molar-refractivity contribution in [2.24, 2.45) is 0 Å². The zero-order valence-corrected chi connectivity index (χ0v) is 13.7. The average Bonchev–Trinajstić information content (AvgIpc) is 2.64. The van der Waals surface area contributed by atoms with Crippen LogP contribution in [0.5, 0.6) is 0 Å². The molecule has 1 aromatic heterocycles. The molecule has 1 heterocycles. The lowest BCUT2D eigenvalue weighted by atomic mass is 9.96. The second-order valence-electron chi connectivity index (χ2n) is 5.70. The molecule has 116 valence electrons. The van der Waals surface area contributed by atoms with E-state index in [1.807, 2.05) is 48.7 Å². The van der Waals surface area contributed by atoms with Gasteiger partial charge in [0.1, 0.15) is 0 Å². The summed E-state index contributed by atoms with van der Waals surface area (Å²) in [5, 5.41) is 10.1. The number of benzene rings is 2. The van der Waals surface area contributed by atoms with E-state index in [4.69, 9.17) is 5.26 Å². The third-order valence-corrected chi connectivity index (χ3v) is 3.95. The summed E-state index contributed by atoms with van der Waals surface area (Å²) in [6.45, 7) is 2.13. The molecule has 3 rings (SSSR count). The van der Waals surface area contributed by atoms with Gasteiger partial charge in [0.05, 0.1) is 17.1 Å². The minimum absolute atomic E-state index is 0.682. The molecule has 0 aliphatic heterocycles. The highest BCUT2D eigenvalue weighted by molar-refractivity contribution is 5.84. The Labute approximate surface area is 142 Å². The summed E-state index contributed by atoms with van der Waals surface area (Å²) in [5.74, 6) is 6.51. The largest absolute Gasteiger partial charge is 0.255 e. The van der Waals surface area contributed by atoms with E-state index in [2.05, 4.69) is 35.9 Å². The van der Waals surface area contributed by atoms with Crippen LogP contribution in [0, 0.1) is 23.2 Å². The van der Waals surface area contributed by atoms with Gasteiger partial charge < -0.3 is 0 Å². The first-order chi connectivity index (χ1) is 11.8. The maximum atomic E-state index is 8.95. The fourth-order valence-electron chi connectivity index (χ4n) is 2.68. The number of rotatable bonds is 3. The van der Waals surface area contributed by atoms with E-state index in [-0.39, 0.29) is 0 Å². The van der Waals surface area contributed by atoms with Crippen LogP contribution in [0.2, 0.25) is 0 Å². The van der Waals surface area contributed by atoms with Crippen molar-refractivity contribution in [1.82, 2.24) is 4.98 Å². The van der Waals surface area contributed by atoms with Crippen LogP contribution in [0.15, 0.2) is 54.7 Å². The molecular weight excluding hydrogens is 292 g/mol. The molecule has 0 fully saturated rings. The Bertz CT molecular complexity index is 951. The Balaban J connectivity index is 2.07. The summed E-state index contributed by atoms with van der Waals surface area (Å²) in [5.41, 5.74) is 5.03. The highest BCUT2D eigenvalue weighted by atomic mass is 14.7. The highest BCUT2D eigenvalue weighted by Gasteiger charge is 2.08. The summed E-state index contributed by atoms with van der Waals surface area (Å²) in [6.07, 6.45) is 4.61. The molecule has 0 radical (unpaired) electrons. The van der Waals surface area contributed by atoms with Crippen LogP contribution < -0.4 is 0 Å². The first-order valence-corrected chi connectivity index (χ1v) is 8.16. The van der Waals surface area contributed by atoms with E-state index >= 15 is 0 Å². The molecule has 0 atom stereocenters. The van der Waals surface area contributed by atoms with Gasteiger partial charge in [-0.15, -0.1) is 0 Å². The van der Waals surface area contributed by atoms with Crippen molar-refractivity contribution in [3.63, 3.8) is 0 Å². The van der Waals surface area contributed by atoms with E-state index in [9.17, 15) is 0 Å². The van der Waals surface area contributed by atoms with Crippen molar-refractivity contribution in [3.8, 4) is 17.9 Å². The van der Waals surface area contributed by atoms with Gasteiger partial charge in [0.25, 0.3) is 0 Å². The predicted octanol–water partition coefficient (Wildman–Crippen LogP) is 4.85. The molecule has 0 saturated heterocycles. The van der Waals surface area contributed by atoms with Gasteiger partial charge in [-0.25, -0.2) is 0 Å². The fourth-order valence-corrected chi connectivity index (χ4v) is 2.68. The lowest BCUT2D eigenvalue weighted by molar-refractivity contribution is 0.983. The zero-order chi connectivity index (χ0) is 16.8. The van der Waals surface area contributed by atoms with Crippen LogP contribution in [-0.2, 0) is 6.42 Å². The molecule has 24 heavy (non-hydrogen) atoms. The average molecular weight is 310 g/mol. The van der Waals surface area contributed by atoms with E-state index < -0.39 is 0 Å². The van der Waals surface area contributed by atoms with Crippen LogP contribution in [-0.4, -0.2) is 4.98 Å². The SMILES string of the molecule is CCCC#Cc1cnc2ccccc2c1Cc1ccc(C#N)cc1. The van der Waals surface area contributed by atoms with Crippen molar-refractivity contribution < 1.29 is 0 Å². The lowest BCUT2D eigenvalue weighted by Gasteiger charge is -2.09. The number of nitriles is 1. The predicted molar refractivity (Wildman–Crippen MR) is 97.5 cm³/mol. The number of pyridine rings is 1. The molecule has 0 saturated carbocycles. The van der Waals surface area contributed by atoms with Crippen LogP contribution in [0.3, 0.4) is 0 Å². The highest BCUT2D eigenvalue weighted by Crippen LogP contribution is 2.23. The molecular formula is C22H18N2. The Hall–Kier alpha value is -3.10. The van der Waals surface area contributed by atoms with Crippen LogP contribution >= 0.6 is 0 Å². The standard InChI is InChI=1S/C22H18N2/c1-2-3-4-7-19-16-24-22-9-6-5-8-20(22)21(19)14-17-10-12-18(15-23)13-11-17/h5-6,8-13,16H,2-3,14H2,1H3. The van der Waals surface area contributed by atoms with E-state index in [1.165, 1.54) is 11.1 Å². The first kappa shape index (κ1) is 15.8. The van der Waals surface area contributed by atoms with Gasteiger partial charge in [-0.3, -0.25) is 4.98 Å². The smallest absolute Gasteiger partial charge is 0.0991 e. The van der Waals surface area contributed by atoms with E-state index in [0.29, 0.717) is 5.56 Å². The Morgan fingerprint density at radius 2 is 1.83 bits per heavy atom. The second kappa shape index (κ2) is 7.44. The summed E-state index contributed by atoms with van der Waals surface area (Å²) < 4.78 is 0. The molecule has 0 aliphatic carbocycles.